The number of pyridine rings is 1. The van der Waals surface area contributed by atoms with Gasteiger partial charge in [0.25, 0.3) is 0 Å². The van der Waals surface area contributed by atoms with Crippen molar-refractivity contribution < 1.29 is 13.1 Å². The Morgan fingerprint density at radius 3 is 2.50 bits per heavy atom. The molecule has 106 valence electrons. The van der Waals surface area contributed by atoms with Crippen LogP contribution in [-0.4, -0.2) is 8.42 Å². The highest BCUT2D eigenvalue weighted by atomic mass is 32.2. The minimum Gasteiger partial charge on any atom is -0.618 e. The van der Waals surface area contributed by atoms with Gasteiger partial charge in [0.15, 0.2) is 5.69 Å². The SMILES string of the molecule is Cc1ccc(C)c(CS(=O)(=O)c2cccc(C)[n+]2[O-])c1. The Balaban J connectivity index is 2.46. The summed E-state index contributed by atoms with van der Waals surface area (Å²) in [7, 11) is -3.66. The van der Waals surface area contributed by atoms with Crippen molar-refractivity contribution in [3.63, 3.8) is 0 Å². The molecule has 1 heterocycles. The second-order valence-corrected chi connectivity index (χ2v) is 6.93. The van der Waals surface area contributed by atoms with Gasteiger partial charge in [-0.2, -0.15) is 4.73 Å². The molecule has 0 unspecified atom stereocenters. The van der Waals surface area contributed by atoms with Crippen molar-refractivity contribution in [1.82, 2.24) is 0 Å². The number of hydrogen-bond donors (Lipinski definition) is 0. The number of rotatable bonds is 3. The summed E-state index contributed by atoms with van der Waals surface area (Å²) in [6, 6.07) is 10.2. The second-order valence-electron chi connectivity index (χ2n) is 4.99. The molecule has 5 heteroatoms. The normalized spacial score (nSPS) is 11.6. The molecule has 0 atom stereocenters. The van der Waals surface area contributed by atoms with Crippen LogP contribution in [0.5, 0.6) is 0 Å². The van der Waals surface area contributed by atoms with Gasteiger partial charge in [-0.3, -0.25) is 0 Å². The minimum absolute atomic E-state index is 0.161. The summed E-state index contributed by atoms with van der Waals surface area (Å²) in [5.41, 5.74) is 3.00. The molecule has 0 saturated heterocycles. The summed E-state index contributed by atoms with van der Waals surface area (Å²) in [5.74, 6) is -0.161. The molecule has 0 aliphatic carbocycles. The molecule has 0 fully saturated rings. The predicted molar refractivity (Wildman–Crippen MR) is 76.9 cm³/mol. The standard InChI is InChI=1S/C15H17NO3S/c1-11-7-8-12(2)14(9-11)10-20(18,19)15-6-4-5-13(3)16(15)17/h4-9H,10H2,1-3H3. The summed E-state index contributed by atoms with van der Waals surface area (Å²) in [5, 5.41) is 11.7. The fourth-order valence-electron chi connectivity index (χ4n) is 2.04. The van der Waals surface area contributed by atoms with Crippen LogP contribution in [-0.2, 0) is 15.6 Å². The summed E-state index contributed by atoms with van der Waals surface area (Å²) in [4.78, 5) is 0. The Kier molecular flexibility index (Phi) is 3.81. The van der Waals surface area contributed by atoms with E-state index in [2.05, 4.69) is 0 Å². The van der Waals surface area contributed by atoms with Crippen LogP contribution in [0.25, 0.3) is 0 Å². The maximum Gasteiger partial charge on any atom is 0.309 e. The van der Waals surface area contributed by atoms with Gasteiger partial charge in [0, 0.05) is 19.1 Å². The van der Waals surface area contributed by atoms with Crippen LogP contribution in [0.15, 0.2) is 41.4 Å². The van der Waals surface area contributed by atoms with Crippen LogP contribution in [0, 0.1) is 26.0 Å². The number of benzene rings is 1. The number of aromatic nitrogens is 1. The van der Waals surface area contributed by atoms with Crippen LogP contribution < -0.4 is 4.73 Å². The first kappa shape index (κ1) is 14.5. The van der Waals surface area contributed by atoms with E-state index in [4.69, 9.17) is 0 Å². The fraction of sp³-hybridized carbons (Fsp3) is 0.267. The average molecular weight is 291 g/mol. The van der Waals surface area contributed by atoms with Gasteiger partial charge in [-0.15, -0.1) is 0 Å². The van der Waals surface area contributed by atoms with E-state index in [1.807, 2.05) is 32.0 Å². The molecule has 4 nitrogen and oxygen atoms in total. The zero-order chi connectivity index (χ0) is 14.9. The molecule has 0 aliphatic rings. The number of sulfone groups is 1. The second kappa shape index (κ2) is 5.25. The molecule has 2 rings (SSSR count). The lowest BCUT2D eigenvalue weighted by molar-refractivity contribution is -0.653. The molecule has 0 aliphatic heterocycles. The van der Waals surface area contributed by atoms with Gasteiger partial charge in [0.05, 0.1) is 5.75 Å². The summed E-state index contributed by atoms with van der Waals surface area (Å²) in [6.07, 6.45) is 0. The number of aryl methyl sites for hydroxylation is 3. The first-order valence-corrected chi connectivity index (χ1v) is 7.94. The summed E-state index contributed by atoms with van der Waals surface area (Å²) in [6.45, 7) is 5.37. The monoisotopic (exact) mass is 291 g/mol. The summed E-state index contributed by atoms with van der Waals surface area (Å²) < 4.78 is 25.3. The van der Waals surface area contributed by atoms with Crippen molar-refractivity contribution in [1.29, 1.82) is 0 Å². The highest BCUT2D eigenvalue weighted by Gasteiger charge is 2.25. The fourth-order valence-corrected chi connectivity index (χ4v) is 3.59. The van der Waals surface area contributed by atoms with Gasteiger partial charge in [0.1, 0.15) is 0 Å². The van der Waals surface area contributed by atoms with Crippen LogP contribution >= 0.6 is 0 Å². The third-order valence-corrected chi connectivity index (χ3v) is 4.90. The minimum atomic E-state index is -3.66. The van der Waals surface area contributed by atoms with Crippen LogP contribution in [0.2, 0.25) is 0 Å². The summed E-state index contributed by atoms with van der Waals surface area (Å²) >= 11 is 0. The molecule has 0 bridgehead atoms. The van der Waals surface area contributed by atoms with E-state index in [1.165, 1.54) is 6.07 Å². The van der Waals surface area contributed by atoms with Crippen molar-refractivity contribution in [2.75, 3.05) is 0 Å². The van der Waals surface area contributed by atoms with Crippen molar-refractivity contribution in [2.45, 2.75) is 31.6 Å². The topological polar surface area (TPSA) is 61.1 Å². The molecule has 0 amide bonds. The van der Waals surface area contributed by atoms with Crippen molar-refractivity contribution in [2.24, 2.45) is 0 Å². The van der Waals surface area contributed by atoms with Crippen LogP contribution in [0.4, 0.5) is 0 Å². The molecular weight excluding hydrogens is 274 g/mol. The Bertz CT molecular complexity index is 752. The Hall–Kier alpha value is -1.88. The highest BCUT2D eigenvalue weighted by molar-refractivity contribution is 7.90. The van der Waals surface area contributed by atoms with Gasteiger partial charge in [-0.25, -0.2) is 8.42 Å². The van der Waals surface area contributed by atoms with Crippen LogP contribution in [0.3, 0.4) is 0 Å². The first-order chi connectivity index (χ1) is 9.31. The molecule has 1 aromatic carbocycles. The first-order valence-electron chi connectivity index (χ1n) is 6.29. The van der Waals surface area contributed by atoms with E-state index in [0.29, 0.717) is 10.4 Å². The molecule has 0 saturated carbocycles. The Morgan fingerprint density at radius 2 is 1.80 bits per heavy atom. The quantitative estimate of drug-likeness (QED) is 0.643. The third-order valence-electron chi connectivity index (χ3n) is 3.27. The average Bonchev–Trinajstić information content (AvgIpc) is 2.36. The van der Waals surface area contributed by atoms with E-state index in [9.17, 15) is 13.6 Å². The van der Waals surface area contributed by atoms with Gasteiger partial charge in [0.2, 0.25) is 9.84 Å². The van der Waals surface area contributed by atoms with Crippen molar-refractivity contribution >= 4 is 9.84 Å². The van der Waals surface area contributed by atoms with E-state index in [0.717, 1.165) is 16.7 Å². The predicted octanol–water partition coefficient (Wildman–Crippen LogP) is 2.22. The third kappa shape index (κ3) is 2.82. The lowest BCUT2D eigenvalue weighted by Gasteiger charge is -2.10. The van der Waals surface area contributed by atoms with E-state index < -0.39 is 9.84 Å². The largest absolute Gasteiger partial charge is 0.618 e. The zero-order valence-corrected chi connectivity index (χ0v) is 12.6. The Labute approximate surface area is 119 Å². The molecular formula is C15H17NO3S. The molecule has 20 heavy (non-hydrogen) atoms. The maximum absolute atomic E-state index is 12.4. The highest BCUT2D eigenvalue weighted by Crippen LogP contribution is 2.18. The van der Waals surface area contributed by atoms with Gasteiger partial charge >= 0.3 is 5.03 Å². The molecule has 0 spiro atoms. The van der Waals surface area contributed by atoms with Gasteiger partial charge in [-0.05, 0) is 31.0 Å². The Morgan fingerprint density at radius 1 is 1.10 bits per heavy atom. The van der Waals surface area contributed by atoms with Gasteiger partial charge in [-0.1, -0.05) is 23.8 Å². The lowest BCUT2D eigenvalue weighted by Crippen LogP contribution is -2.37. The van der Waals surface area contributed by atoms with E-state index >= 15 is 0 Å². The number of nitrogens with zero attached hydrogens (tertiary/aromatic N) is 1. The van der Waals surface area contributed by atoms with E-state index in [1.54, 1.807) is 19.1 Å². The van der Waals surface area contributed by atoms with E-state index in [-0.39, 0.29) is 10.8 Å². The molecule has 2 aromatic rings. The van der Waals surface area contributed by atoms with Gasteiger partial charge < -0.3 is 5.21 Å². The van der Waals surface area contributed by atoms with Crippen LogP contribution in [0.1, 0.15) is 22.4 Å². The lowest BCUT2D eigenvalue weighted by atomic mass is 10.1. The van der Waals surface area contributed by atoms with Crippen molar-refractivity contribution in [3.05, 3.63) is 64.0 Å². The zero-order valence-electron chi connectivity index (χ0n) is 11.8. The van der Waals surface area contributed by atoms with Crippen molar-refractivity contribution in [3.8, 4) is 0 Å². The molecule has 1 aromatic heterocycles. The number of hydrogen-bond acceptors (Lipinski definition) is 3. The smallest absolute Gasteiger partial charge is 0.309 e. The molecule has 0 N–H and O–H groups in total. The molecule has 0 radical (unpaired) electrons. The maximum atomic E-state index is 12.4.